The highest BCUT2D eigenvalue weighted by Gasteiger charge is 2.29. The number of likely N-dealkylation sites (N-methyl/N-ethyl adjacent to an activating group) is 1. The van der Waals surface area contributed by atoms with Gasteiger partial charge in [0.15, 0.2) is 5.75 Å². The largest absolute Gasteiger partial charge is 0.609 e. The predicted molar refractivity (Wildman–Crippen MR) is 137 cm³/mol. The molecule has 3 aromatic rings. The van der Waals surface area contributed by atoms with Gasteiger partial charge in [-0.2, -0.15) is 4.98 Å². The molecule has 0 aliphatic heterocycles. The number of hydrogen-bond donors (Lipinski definition) is 0. The summed E-state index contributed by atoms with van der Waals surface area (Å²) in [5.41, 5.74) is 2.42. The number of para-hydroxylation sites is 2. The third kappa shape index (κ3) is 7.34. The van der Waals surface area contributed by atoms with E-state index in [1.807, 2.05) is 6.92 Å². The number of imidazole rings is 1. The Kier molecular flexibility index (Phi) is 10.5. The molecule has 1 atom stereocenters. The lowest BCUT2D eigenvalue weighted by molar-refractivity contribution is 0.0550. The number of benzene rings is 1. The minimum atomic E-state index is -1.70. The van der Waals surface area contributed by atoms with E-state index in [-0.39, 0.29) is 30.7 Å². The summed E-state index contributed by atoms with van der Waals surface area (Å²) in [4.78, 5) is 35.1. The average Bonchev–Trinajstić information content (AvgIpc) is 3.28. The molecular formula is C25H32N4O7S. The molecule has 37 heavy (non-hydrogen) atoms. The van der Waals surface area contributed by atoms with E-state index in [1.165, 1.54) is 9.47 Å². The summed E-state index contributed by atoms with van der Waals surface area (Å²) in [5, 5.41) is 0.108. The van der Waals surface area contributed by atoms with Crippen LogP contribution in [-0.2, 0) is 31.1 Å². The predicted octanol–water partition coefficient (Wildman–Crippen LogP) is 3.54. The topological polar surface area (TPSA) is 128 Å². The molecule has 1 unspecified atom stereocenters. The van der Waals surface area contributed by atoms with E-state index in [4.69, 9.17) is 18.9 Å². The van der Waals surface area contributed by atoms with Crippen molar-refractivity contribution in [2.45, 2.75) is 31.2 Å². The monoisotopic (exact) mass is 532 g/mol. The average molecular weight is 533 g/mol. The smallest absolute Gasteiger partial charge is 0.508 e. The molecule has 0 saturated carbocycles. The Morgan fingerprint density at radius 1 is 1.14 bits per heavy atom. The number of nitrogens with zero attached hydrogens (tertiary/aromatic N) is 4. The van der Waals surface area contributed by atoms with Crippen molar-refractivity contribution >= 4 is 34.4 Å². The molecule has 2 aromatic heterocycles. The molecule has 12 heteroatoms. The number of carbonyl (C=O) groups excluding carboxylic acids is 2. The van der Waals surface area contributed by atoms with Crippen molar-refractivity contribution in [3.63, 3.8) is 0 Å². The van der Waals surface area contributed by atoms with Gasteiger partial charge in [0, 0.05) is 50.1 Å². The number of methoxy groups -OCH3 is 1. The number of fused-ring (bicyclic) bond motifs is 1. The van der Waals surface area contributed by atoms with Crippen LogP contribution in [0.25, 0.3) is 11.0 Å². The number of pyridine rings is 1. The molecule has 3 rings (SSSR count). The third-order valence-electron chi connectivity index (χ3n) is 5.44. The Hall–Kier alpha value is -3.35. The highest BCUT2D eigenvalue weighted by Crippen LogP contribution is 2.26. The Morgan fingerprint density at radius 2 is 1.92 bits per heavy atom. The lowest BCUT2D eigenvalue weighted by Crippen LogP contribution is -2.35. The van der Waals surface area contributed by atoms with E-state index in [1.54, 1.807) is 57.6 Å². The standard InChI is InChI=1S/C25H32N4O7S/c1-5-34-25(31)36-16-13-28(3)24(30)29-21-10-7-6-9-19(21)27-23(29)37(32)17-20-18(2)22(11-12-26-20)35-15-8-14-33-4/h6-7,9-12H,5,8,13-17H2,1-4H3. The number of ether oxygens (including phenoxy) is 4. The SMILES string of the molecule is CCOC(=O)OCCN(C)C(=O)n1c([S+]([O-])Cc2nccc(OCCCOC)c2C)nc2ccccc21. The van der Waals surface area contributed by atoms with Crippen molar-refractivity contribution in [1.29, 1.82) is 0 Å². The molecule has 1 aromatic carbocycles. The Balaban J connectivity index is 1.80. The molecule has 0 aliphatic rings. The first-order valence-corrected chi connectivity index (χ1v) is 13.2. The van der Waals surface area contributed by atoms with Crippen LogP contribution in [0.5, 0.6) is 5.75 Å². The number of aromatic nitrogens is 3. The summed E-state index contributed by atoms with van der Waals surface area (Å²) in [6.45, 7) is 4.86. The van der Waals surface area contributed by atoms with E-state index >= 15 is 0 Å². The zero-order valence-electron chi connectivity index (χ0n) is 21.5. The quantitative estimate of drug-likeness (QED) is 0.195. The van der Waals surface area contributed by atoms with Crippen LogP contribution >= 0.6 is 0 Å². The van der Waals surface area contributed by atoms with Crippen molar-refractivity contribution in [2.24, 2.45) is 0 Å². The molecule has 0 aliphatic carbocycles. The minimum absolute atomic E-state index is 0.0490. The van der Waals surface area contributed by atoms with Crippen LogP contribution in [0, 0.1) is 6.92 Å². The number of rotatable bonds is 12. The van der Waals surface area contributed by atoms with Gasteiger partial charge in [0.05, 0.1) is 36.5 Å². The van der Waals surface area contributed by atoms with Gasteiger partial charge in [0.1, 0.15) is 12.4 Å². The summed E-state index contributed by atoms with van der Waals surface area (Å²) < 4.78 is 35.4. The van der Waals surface area contributed by atoms with E-state index in [0.29, 0.717) is 35.7 Å². The summed E-state index contributed by atoms with van der Waals surface area (Å²) in [6, 6.07) is 8.37. The van der Waals surface area contributed by atoms with Crippen LogP contribution in [0.4, 0.5) is 9.59 Å². The van der Waals surface area contributed by atoms with Crippen molar-refractivity contribution in [2.75, 3.05) is 47.1 Å². The molecule has 0 bridgehead atoms. The molecule has 0 spiro atoms. The second-order valence-corrected chi connectivity index (χ2v) is 9.36. The lowest BCUT2D eigenvalue weighted by atomic mass is 10.2. The maximum Gasteiger partial charge on any atom is 0.508 e. The number of hydrogen-bond acceptors (Lipinski definition) is 9. The Morgan fingerprint density at radius 3 is 2.68 bits per heavy atom. The Labute approximate surface area is 218 Å². The lowest BCUT2D eigenvalue weighted by Gasteiger charge is -2.19. The van der Waals surface area contributed by atoms with Crippen LogP contribution in [0.3, 0.4) is 0 Å². The molecule has 0 radical (unpaired) electrons. The van der Waals surface area contributed by atoms with E-state index in [2.05, 4.69) is 9.97 Å². The van der Waals surface area contributed by atoms with Gasteiger partial charge in [0.25, 0.3) is 0 Å². The van der Waals surface area contributed by atoms with Crippen LogP contribution in [0.15, 0.2) is 41.7 Å². The summed E-state index contributed by atoms with van der Waals surface area (Å²) in [6.07, 6.45) is 1.55. The fourth-order valence-corrected chi connectivity index (χ4v) is 4.72. The van der Waals surface area contributed by atoms with Gasteiger partial charge in [-0.3, -0.25) is 4.98 Å². The minimum Gasteiger partial charge on any atom is -0.609 e. The van der Waals surface area contributed by atoms with Gasteiger partial charge in [0.2, 0.25) is 0 Å². The Bertz CT molecular complexity index is 1200. The fraction of sp³-hybridized carbons (Fsp3) is 0.440. The van der Waals surface area contributed by atoms with Crippen molar-refractivity contribution in [3.05, 3.63) is 47.8 Å². The maximum absolute atomic E-state index is 13.5. The van der Waals surface area contributed by atoms with Crippen LogP contribution in [-0.4, -0.2) is 83.3 Å². The van der Waals surface area contributed by atoms with Gasteiger partial charge in [-0.15, -0.1) is 0 Å². The normalized spacial score (nSPS) is 11.8. The first-order chi connectivity index (χ1) is 17.9. The van der Waals surface area contributed by atoms with Crippen molar-refractivity contribution in [3.8, 4) is 5.75 Å². The molecule has 0 saturated heterocycles. The number of amides is 1. The van der Waals surface area contributed by atoms with E-state index in [0.717, 1.165) is 12.0 Å². The fourth-order valence-electron chi connectivity index (χ4n) is 3.47. The van der Waals surface area contributed by atoms with Crippen LogP contribution in [0.2, 0.25) is 0 Å². The van der Waals surface area contributed by atoms with Crippen molar-refractivity contribution in [1.82, 2.24) is 19.4 Å². The first-order valence-electron chi connectivity index (χ1n) is 11.8. The van der Waals surface area contributed by atoms with Crippen LogP contribution < -0.4 is 4.74 Å². The van der Waals surface area contributed by atoms with Crippen molar-refractivity contribution < 1.29 is 33.1 Å². The molecular weight excluding hydrogens is 500 g/mol. The van der Waals surface area contributed by atoms with Crippen LogP contribution in [0.1, 0.15) is 24.6 Å². The van der Waals surface area contributed by atoms with Gasteiger partial charge in [-0.25, -0.2) is 14.2 Å². The number of carbonyl (C=O) groups is 2. The van der Waals surface area contributed by atoms with E-state index < -0.39 is 23.4 Å². The molecule has 2 heterocycles. The first kappa shape index (κ1) is 28.2. The highest BCUT2D eigenvalue weighted by molar-refractivity contribution is 7.90. The molecule has 11 nitrogen and oxygen atoms in total. The zero-order valence-corrected chi connectivity index (χ0v) is 22.3. The zero-order chi connectivity index (χ0) is 26.8. The van der Waals surface area contributed by atoms with Gasteiger partial charge in [-0.1, -0.05) is 12.1 Å². The summed E-state index contributed by atoms with van der Waals surface area (Å²) >= 11 is -1.70. The van der Waals surface area contributed by atoms with Gasteiger partial charge in [-0.05, 0) is 32.0 Å². The maximum atomic E-state index is 13.5. The molecule has 1 amide bonds. The second kappa shape index (κ2) is 13.8. The van der Waals surface area contributed by atoms with Gasteiger partial charge < -0.3 is 28.4 Å². The summed E-state index contributed by atoms with van der Waals surface area (Å²) in [5.74, 6) is 0.705. The second-order valence-electron chi connectivity index (χ2n) is 8.02. The van der Waals surface area contributed by atoms with Gasteiger partial charge >= 0.3 is 17.3 Å². The molecule has 0 N–H and O–H groups in total. The summed E-state index contributed by atoms with van der Waals surface area (Å²) in [7, 11) is 3.20. The third-order valence-corrected chi connectivity index (χ3v) is 6.65. The van der Waals surface area contributed by atoms with E-state index in [9.17, 15) is 14.1 Å². The highest BCUT2D eigenvalue weighted by atomic mass is 32.2. The molecule has 0 fully saturated rings. The molecule has 200 valence electrons.